The Morgan fingerprint density at radius 1 is 1.07 bits per heavy atom. The maximum Gasteiger partial charge on any atom is 0.410 e. The number of aryl methyl sites for hydroxylation is 1. The van der Waals surface area contributed by atoms with E-state index < -0.39 is 71.7 Å². The Morgan fingerprint density at radius 2 is 1.78 bits per heavy atom. The van der Waals surface area contributed by atoms with Gasteiger partial charge in [-0.25, -0.2) is 4.79 Å². The average molecular weight is 842 g/mol. The molecule has 2 amide bonds. The Labute approximate surface area is 354 Å². The second kappa shape index (κ2) is 19.8. The first-order chi connectivity index (χ1) is 28.3. The van der Waals surface area contributed by atoms with Gasteiger partial charge in [0.15, 0.2) is 11.9 Å². The van der Waals surface area contributed by atoms with Crippen molar-refractivity contribution in [2.24, 2.45) is 11.8 Å². The highest BCUT2D eigenvalue weighted by Gasteiger charge is 2.59. The van der Waals surface area contributed by atoms with Crippen LogP contribution in [0.3, 0.4) is 0 Å². The molecule has 5 heterocycles. The standard InChI is InChI=1S/C43H67N7O10/c1-12-35-43(8)38(49(41(55)60-43)20-16-15-19-48-25-32(45-46-48)31-17-13-14-18-44-31)29(5)50(30(6)51)24-26(2)23-42(7,56-11)36(22-34(52)28(4)39(54)58-35)59-40-37(53)33(47(9)10)21-27(3)57-40/h13-14,17-18,25-29,33,35-38,40,53H,12,15-16,19-24H2,1-11H3/t26-,27-,28-,29-,33?,35-,36-,37?,38-,40+,42+,43-/m1/s1. The number of fused-ring (bicyclic) bond motifs is 1. The third-order valence-corrected chi connectivity index (χ3v) is 12.8. The monoisotopic (exact) mass is 841 g/mol. The van der Waals surface area contributed by atoms with Gasteiger partial charge in [0.1, 0.15) is 29.6 Å². The van der Waals surface area contributed by atoms with Gasteiger partial charge in [-0.2, -0.15) is 0 Å². The molecule has 3 aliphatic heterocycles. The number of pyridine rings is 1. The van der Waals surface area contributed by atoms with Crippen LogP contribution in [0.15, 0.2) is 30.6 Å². The SMILES string of the molecule is CC[C@H]1OC(=O)[C@H](C)C(=O)C[C@@H](O[C@@H]2O[C@H](C)CC(N(C)C)C2O)[C@@](C)(OC)C[C@@H](C)CN(C(C)=O)[C@H](C)[C@H]2N(CCCCn3cc(-c4ccccn4)nn3)C(=O)O[C@]12C. The number of likely N-dealkylation sites (N-methyl/N-ethyl adjacent to an activating group) is 1. The lowest BCUT2D eigenvalue weighted by atomic mass is 9.82. The lowest BCUT2D eigenvalue weighted by Crippen LogP contribution is -2.62. The minimum absolute atomic E-state index is 0.210. The van der Waals surface area contributed by atoms with Gasteiger partial charge in [-0.05, 0) is 98.9 Å². The van der Waals surface area contributed by atoms with E-state index >= 15 is 0 Å². The van der Waals surface area contributed by atoms with Crippen molar-refractivity contribution in [3.8, 4) is 11.4 Å². The fourth-order valence-corrected chi connectivity index (χ4v) is 9.31. The number of methoxy groups -OCH3 is 1. The van der Waals surface area contributed by atoms with Crippen molar-refractivity contribution in [3.63, 3.8) is 0 Å². The first-order valence-electron chi connectivity index (χ1n) is 21.4. The number of ether oxygens (including phenoxy) is 5. The number of hydrogen-bond acceptors (Lipinski definition) is 14. The summed E-state index contributed by atoms with van der Waals surface area (Å²) in [6.45, 7) is 15.3. The summed E-state index contributed by atoms with van der Waals surface area (Å²) in [7, 11) is 5.30. The molecule has 0 aliphatic carbocycles. The Balaban J connectivity index is 1.43. The second-order valence-corrected chi connectivity index (χ2v) is 17.6. The predicted octanol–water partition coefficient (Wildman–Crippen LogP) is 4.11. The largest absolute Gasteiger partial charge is 0.458 e. The van der Waals surface area contributed by atoms with Crippen LogP contribution in [0.4, 0.5) is 4.79 Å². The van der Waals surface area contributed by atoms with E-state index in [-0.39, 0.29) is 43.4 Å². The van der Waals surface area contributed by atoms with Crippen molar-refractivity contribution in [2.45, 2.75) is 160 Å². The molecule has 0 saturated carbocycles. The van der Waals surface area contributed by atoms with Crippen molar-refractivity contribution >= 4 is 23.8 Å². The smallest absolute Gasteiger partial charge is 0.410 e. The molecule has 0 bridgehead atoms. The third kappa shape index (κ3) is 10.3. The van der Waals surface area contributed by atoms with Gasteiger partial charge in [0.25, 0.3) is 0 Å². The van der Waals surface area contributed by atoms with E-state index in [1.54, 1.807) is 27.6 Å². The Kier molecular flexibility index (Phi) is 15.5. The summed E-state index contributed by atoms with van der Waals surface area (Å²) in [5.41, 5.74) is -1.14. The fourth-order valence-electron chi connectivity index (χ4n) is 9.31. The summed E-state index contributed by atoms with van der Waals surface area (Å²) in [6, 6.07) is 4.02. The molecule has 2 unspecified atom stereocenters. The van der Waals surface area contributed by atoms with E-state index in [4.69, 9.17) is 23.7 Å². The van der Waals surface area contributed by atoms with Crippen LogP contribution >= 0.6 is 0 Å². The number of aromatic nitrogens is 4. The number of cyclic esters (lactones) is 1. The molecule has 17 heteroatoms. The zero-order valence-corrected chi connectivity index (χ0v) is 37.3. The highest BCUT2D eigenvalue weighted by Crippen LogP contribution is 2.41. The van der Waals surface area contributed by atoms with Crippen molar-refractivity contribution in [3.05, 3.63) is 30.6 Å². The summed E-state index contributed by atoms with van der Waals surface area (Å²) in [5, 5.41) is 19.9. The van der Waals surface area contributed by atoms with E-state index in [9.17, 15) is 24.3 Å². The number of esters is 1. The number of Topliss-reactive ketones (excluding diaryl/α,β-unsaturated/α-hetero) is 1. The average Bonchev–Trinajstić information content (AvgIpc) is 3.78. The zero-order valence-electron chi connectivity index (χ0n) is 37.3. The number of nitrogens with zero attached hydrogens (tertiary/aromatic N) is 7. The number of carbonyl (C=O) groups excluding carboxylic acids is 4. The molecule has 3 aliphatic rings. The van der Waals surface area contributed by atoms with Crippen LogP contribution in [0.25, 0.3) is 11.4 Å². The molecule has 0 spiro atoms. The van der Waals surface area contributed by atoms with Crippen molar-refractivity contribution < 1.29 is 48.0 Å². The lowest BCUT2D eigenvalue weighted by molar-refractivity contribution is -0.289. The highest BCUT2D eigenvalue weighted by molar-refractivity contribution is 5.99. The lowest BCUT2D eigenvalue weighted by Gasteiger charge is -2.46. The van der Waals surface area contributed by atoms with Crippen LogP contribution in [-0.4, -0.2) is 158 Å². The van der Waals surface area contributed by atoms with Gasteiger partial charge in [-0.1, -0.05) is 25.1 Å². The Bertz CT molecular complexity index is 1780. The van der Waals surface area contributed by atoms with Crippen LogP contribution in [0.5, 0.6) is 0 Å². The fraction of sp³-hybridized carbons (Fsp3) is 0.744. The number of carbonyl (C=O) groups is 4. The third-order valence-electron chi connectivity index (χ3n) is 12.8. The number of aliphatic hydroxyl groups is 1. The molecule has 3 fully saturated rings. The van der Waals surface area contributed by atoms with Crippen LogP contribution in [0.2, 0.25) is 0 Å². The Hall–Kier alpha value is -4.03. The Morgan fingerprint density at radius 3 is 2.42 bits per heavy atom. The summed E-state index contributed by atoms with van der Waals surface area (Å²) in [4.78, 5) is 65.4. The molecule has 1 N–H and O–H groups in total. The molecule has 12 atom stereocenters. The summed E-state index contributed by atoms with van der Waals surface area (Å²) in [5.74, 6) is -2.86. The van der Waals surface area contributed by atoms with E-state index in [1.807, 2.05) is 78.0 Å². The minimum atomic E-state index is -1.38. The van der Waals surface area contributed by atoms with Gasteiger partial charge in [-0.3, -0.25) is 28.9 Å². The molecule has 2 aromatic rings. The zero-order chi connectivity index (χ0) is 44.1. The molecule has 0 radical (unpaired) electrons. The summed E-state index contributed by atoms with van der Waals surface area (Å²) < 4.78 is 33.0. The molecular weight excluding hydrogens is 775 g/mol. The van der Waals surface area contributed by atoms with E-state index in [2.05, 4.69) is 15.3 Å². The molecule has 3 saturated heterocycles. The molecule has 60 heavy (non-hydrogen) atoms. The normalized spacial score (nSPS) is 34.8. The number of hydrogen-bond donors (Lipinski definition) is 1. The molecular formula is C43H67N7O10. The highest BCUT2D eigenvalue weighted by atomic mass is 16.7. The second-order valence-electron chi connectivity index (χ2n) is 17.6. The minimum Gasteiger partial charge on any atom is -0.458 e. The van der Waals surface area contributed by atoms with Gasteiger partial charge >= 0.3 is 12.1 Å². The van der Waals surface area contributed by atoms with Gasteiger partial charge < -0.3 is 38.6 Å². The van der Waals surface area contributed by atoms with Gasteiger partial charge in [0, 0.05) is 52.3 Å². The first-order valence-corrected chi connectivity index (χ1v) is 21.4. The maximum atomic E-state index is 14.1. The van der Waals surface area contributed by atoms with Crippen molar-refractivity contribution in [1.29, 1.82) is 0 Å². The summed E-state index contributed by atoms with van der Waals surface area (Å²) >= 11 is 0. The van der Waals surface area contributed by atoms with E-state index in [0.717, 1.165) is 5.69 Å². The first kappa shape index (κ1) is 47.0. The number of aliphatic hydroxyl groups excluding tert-OH is 1. The summed E-state index contributed by atoms with van der Waals surface area (Å²) in [6.07, 6.45) is 0.874. The van der Waals surface area contributed by atoms with E-state index in [0.29, 0.717) is 44.5 Å². The van der Waals surface area contributed by atoms with Crippen molar-refractivity contribution in [1.82, 2.24) is 34.7 Å². The van der Waals surface area contributed by atoms with Gasteiger partial charge in [0.05, 0.1) is 41.8 Å². The number of ketones is 1. The molecule has 2 aromatic heterocycles. The number of amides is 2. The van der Waals surface area contributed by atoms with Crippen LogP contribution in [-0.2, 0) is 44.6 Å². The van der Waals surface area contributed by atoms with Crippen LogP contribution in [0, 0.1) is 11.8 Å². The van der Waals surface area contributed by atoms with Gasteiger partial charge in [0.2, 0.25) is 5.91 Å². The molecule has 334 valence electrons. The number of unbranched alkanes of at least 4 members (excludes halogenated alkanes) is 1. The topological polar surface area (TPSA) is 188 Å². The predicted molar refractivity (Wildman–Crippen MR) is 220 cm³/mol. The maximum absolute atomic E-state index is 14.1. The molecule has 17 nitrogen and oxygen atoms in total. The molecule has 0 aromatic carbocycles. The quantitative estimate of drug-likeness (QED) is 0.193. The van der Waals surface area contributed by atoms with Crippen LogP contribution < -0.4 is 0 Å². The van der Waals surface area contributed by atoms with Crippen LogP contribution in [0.1, 0.15) is 93.9 Å². The number of rotatable bonds is 11. The molecule has 5 rings (SSSR count). The van der Waals surface area contributed by atoms with Gasteiger partial charge in [-0.15, -0.1) is 5.10 Å². The van der Waals surface area contributed by atoms with E-state index in [1.165, 1.54) is 21.0 Å². The van der Waals surface area contributed by atoms with Crippen molar-refractivity contribution in [2.75, 3.05) is 34.3 Å².